The first-order valence-corrected chi connectivity index (χ1v) is 7.21. The average molecular weight is 272 g/mol. The summed E-state index contributed by atoms with van der Waals surface area (Å²) in [6.07, 6.45) is 1.90. The molecule has 1 aliphatic carbocycles. The Morgan fingerprint density at radius 1 is 1.15 bits per heavy atom. The van der Waals surface area contributed by atoms with Crippen LogP contribution in [0.25, 0.3) is 5.57 Å². The number of hydrogen-bond acceptors (Lipinski definition) is 2. The summed E-state index contributed by atoms with van der Waals surface area (Å²) in [5.41, 5.74) is 5.43. The van der Waals surface area contributed by atoms with Gasteiger partial charge in [-0.3, -0.25) is 0 Å². The van der Waals surface area contributed by atoms with Crippen LogP contribution in [-0.2, 0) is 5.41 Å². The fourth-order valence-electron chi connectivity index (χ4n) is 2.70. The number of rotatable bonds is 2. The minimum Gasteiger partial charge on any atom is -0.423 e. The third kappa shape index (κ3) is 2.89. The summed E-state index contributed by atoms with van der Waals surface area (Å²) in [5.74, 6) is 0. The van der Waals surface area contributed by atoms with E-state index in [2.05, 4.69) is 32.9 Å². The highest BCUT2D eigenvalue weighted by molar-refractivity contribution is 6.50. The minimum absolute atomic E-state index is 0.0865. The quantitative estimate of drug-likeness (QED) is 0.805. The molecule has 0 aromatic heterocycles. The van der Waals surface area contributed by atoms with Crippen molar-refractivity contribution in [1.82, 2.24) is 0 Å². The molecule has 20 heavy (non-hydrogen) atoms. The molecule has 0 bridgehead atoms. The number of allylic oxidation sites excluding steroid dienone is 4. The summed E-state index contributed by atoms with van der Waals surface area (Å²) in [7, 11) is -1.38. The maximum atomic E-state index is 9.22. The highest BCUT2D eigenvalue weighted by Crippen LogP contribution is 2.46. The Bertz CT molecular complexity index is 540. The Balaban J connectivity index is 0.000000956. The van der Waals surface area contributed by atoms with Crippen molar-refractivity contribution in [3.8, 4) is 0 Å². The summed E-state index contributed by atoms with van der Waals surface area (Å²) in [4.78, 5) is 0. The normalized spacial score (nSPS) is 16.5. The summed E-state index contributed by atoms with van der Waals surface area (Å²) >= 11 is 0. The van der Waals surface area contributed by atoms with E-state index in [1.807, 2.05) is 32.1 Å². The molecule has 0 aliphatic heterocycles. The summed E-state index contributed by atoms with van der Waals surface area (Å²) in [6, 6.07) is 8.36. The van der Waals surface area contributed by atoms with Crippen LogP contribution in [0.4, 0.5) is 0 Å². The van der Waals surface area contributed by atoms with Crippen LogP contribution in [0.3, 0.4) is 0 Å². The minimum atomic E-state index is -1.38. The van der Waals surface area contributed by atoms with Crippen molar-refractivity contribution in [2.75, 3.05) is 0 Å². The highest BCUT2D eigenvalue weighted by Gasteiger charge is 2.34. The number of benzene rings is 1. The van der Waals surface area contributed by atoms with Crippen LogP contribution < -0.4 is 0 Å². The van der Waals surface area contributed by atoms with E-state index in [0.29, 0.717) is 5.47 Å². The van der Waals surface area contributed by atoms with Crippen molar-refractivity contribution in [3.63, 3.8) is 0 Å². The predicted octanol–water partition coefficient (Wildman–Crippen LogP) is 3.74. The maximum Gasteiger partial charge on any atom is 0.483 e. The smallest absolute Gasteiger partial charge is 0.423 e. The van der Waals surface area contributed by atoms with Crippen LogP contribution in [0, 0.1) is 0 Å². The van der Waals surface area contributed by atoms with E-state index in [4.69, 9.17) is 0 Å². The zero-order valence-electron chi connectivity index (χ0n) is 13.4. The SMILES string of the molecule is CC.CC1=C(/C=C(\C)B(O)O)C(C)(C)c2ccccc21. The molecule has 2 rings (SSSR count). The molecule has 0 heterocycles. The van der Waals surface area contributed by atoms with E-state index in [1.165, 1.54) is 16.7 Å². The van der Waals surface area contributed by atoms with Crippen molar-refractivity contribution in [1.29, 1.82) is 0 Å². The van der Waals surface area contributed by atoms with E-state index < -0.39 is 7.12 Å². The first kappa shape index (κ1) is 16.7. The standard InChI is InChI=1S/C15H19BO2.C2H6/c1-10(16(17)18)9-14-11(2)12-7-5-6-8-13(12)15(14,3)4;1-2/h5-9,17-18H,1-4H3;1-2H3/b10-9+;. The van der Waals surface area contributed by atoms with Crippen LogP contribution in [-0.4, -0.2) is 17.2 Å². The van der Waals surface area contributed by atoms with Crippen molar-refractivity contribution in [2.24, 2.45) is 0 Å². The Kier molecular flexibility index (Phi) is 5.38. The third-order valence-electron chi connectivity index (χ3n) is 3.86. The molecular weight excluding hydrogens is 247 g/mol. The topological polar surface area (TPSA) is 40.5 Å². The summed E-state index contributed by atoms with van der Waals surface area (Å²) < 4.78 is 0. The molecular formula is C17H25BO2. The molecule has 1 aromatic carbocycles. The van der Waals surface area contributed by atoms with Crippen LogP contribution in [0.5, 0.6) is 0 Å². The summed E-state index contributed by atoms with van der Waals surface area (Å²) in [5, 5.41) is 18.4. The third-order valence-corrected chi connectivity index (χ3v) is 3.86. The molecule has 0 fully saturated rings. The molecule has 0 unspecified atom stereocenters. The van der Waals surface area contributed by atoms with Crippen molar-refractivity contribution < 1.29 is 10.0 Å². The van der Waals surface area contributed by atoms with Crippen molar-refractivity contribution in [2.45, 2.75) is 47.0 Å². The van der Waals surface area contributed by atoms with E-state index in [1.54, 1.807) is 6.92 Å². The second kappa shape index (κ2) is 6.42. The lowest BCUT2D eigenvalue weighted by Crippen LogP contribution is -2.19. The Morgan fingerprint density at radius 3 is 2.20 bits per heavy atom. The van der Waals surface area contributed by atoms with Gasteiger partial charge in [-0.15, -0.1) is 0 Å². The van der Waals surface area contributed by atoms with Gasteiger partial charge in [-0.2, -0.15) is 0 Å². The zero-order chi connectivity index (χ0) is 15.5. The second-order valence-electron chi connectivity index (χ2n) is 5.47. The van der Waals surface area contributed by atoms with Gasteiger partial charge in [-0.05, 0) is 41.6 Å². The van der Waals surface area contributed by atoms with Gasteiger partial charge in [0.05, 0.1) is 0 Å². The van der Waals surface area contributed by atoms with Crippen molar-refractivity contribution in [3.05, 3.63) is 52.5 Å². The van der Waals surface area contributed by atoms with Gasteiger partial charge in [-0.25, -0.2) is 0 Å². The molecule has 1 aliphatic rings. The average Bonchev–Trinajstić information content (AvgIpc) is 2.63. The van der Waals surface area contributed by atoms with E-state index in [0.717, 1.165) is 5.57 Å². The molecule has 0 spiro atoms. The molecule has 0 amide bonds. The molecule has 1 aromatic rings. The highest BCUT2D eigenvalue weighted by atomic mass is 16.4. The summed E-state index contributed by atoms with van der Waals surface area (Å²) in [6.45, 7) is 12.2. The van der Waals surface area contributed by atoms with Gasteiger partial charge in [0.1, 0.15) is 0 Å². The van der Waals surface area contributed by atoms with Crippen LogP contribution in [0.2, 0.25) is 0 Å². The molecule has 3 heteroatoms. The largest absolute Gasteiger partial charge is 0.483 e. The molecule has 108 valence electrons. The van der Waals surface area contributed by atoms with Crippen LogP contribution >= 0.6 is 0 Å². The molecule has 0 saturated heterocycles. The van der Waals surface area contributed by atoms with E-state index in [-0.39, 0.29) is 5.41 Å². The van der Waals surface area contributed by atoms with Gasteiger partial charge < -0.3 is 10.0 Å². The lowest BCUT2D eigenvalue weighted by molar-refractivity contribution is 0.419. The van der Waals surface area contributed by atoms with Crippen LogP contribution in [0.1, 0.15) is 52.7 Å². The Labute approximate surface area is 123 Å². The van der Waals surface area contributed by atoms with Crippen molar-refractivity contribution >= 4 is 12.7 Å². The molecule has 2 N–H and O–H groups in total. The van der Waals surface area contributed by atoms with E-state index in [9.17, 15) is 10.0 Å². The lowest BCUT2D eigenvalue weighted by Gasteiger charge is -2.23. The molecule has 0 saturated carbocycles. The van der Waals surface area contributed by atoms with Gasteiger partial charge in [0.2, 0.25) is 0 Å². The first-order chi connectivity index (χ1) is 9.35. The fourth-order valence-corrected chi connectivity index (χ4v) is 2.70. The van der Waals surface area contributed by atoms with Gasteiger partial charge in [-0.1, -0.05) is 58.0 Å². The van der Waals surface area contributed by atoms with Gasteiger partial charge in [0.15, 0.2) is 0 Å². The monoisotopic (exact) mass is 272 g/mol. The molecule has 2 nitrogen and oxygen atoms in total. The molecule has 0 atom stereocenters. The Morgan fingerprint density at radius 2 is 1.70 bits per heavy atom. The maximum absolute atomic E-state index is 9.22. The number of hydrogen-bond donors (Lipinski definition) is 2. The Hall–Kier alpha value is -1.32. The number of fused-ring (bicyclic) bond motifs is 1. The van der Waals surface area contributed by atoms with Crippen LogP contribution in [0.15, 0.2) is 41.4 Å². The lowest BCUT2D eigenvalue weighted by atomic mass is 9.75. The van der Waals surface area contributed by atoms with Gasteiger partial charge >= 0.3 is 7.12 Å². The van der Waals surface area contributed by atoms with Gasteiger partial charge in [0.25, 0.3) is 0 Å². The fraction of sp³-hybridized carbons (Fsp3) is 0.412. The van der Waals surface area contributed by atoms with E-state index >= 15 is 0 Å². The predicted molar refractivity (Wildman–Crippen MR) is 87.4 cm³/mol. The first-order valence-electron chi connectivity index (χ1n) is 7.21. The molecule has 0 radical (unpaired) electrons. The zero-order valence-corrected chi connectivity index (χ0v) is 13.4. The van der Waals surface area contributed by atoms with Gasteiger partial charge in [0, 0.05) is 5.41 Å². The second-order valence-corrected chi connectivity index (χ2v) is 5.47.